The van der Waals surface area contributed by atoms with Crippen LogP contribution in [0.5, 0.6) is 0 Å². The highest BCUT2D eigenvalue weighted by molar-refractivity contribution is 5.89. The average molecular weight is 362 g/mol. The molecule has 0 aromatic heterocycles. The lowest BCUT2D eigenvalue weighted by Crippen LogP contribution is -1.90. The lowest BCUT2D eigenvalue weighted by atomic mass is 9.96. The summed E-state index contributed by atoms with van der Waals surface area (Å²) in [7, 11) is 0. The van der Waals surface area contributed by atoms with Crippen molar-refractivity contribution in [3.63, 3.8) is 0 Å². The van der Waals surface area contributed by atoms with Crippen LogP contribution in [0, 0.1) is 17.5 Å². The van der Waals surface area contributed by atoms with E-state index in [0.717, 1.165) is 17.9 Å². The molecule has 0 aliphatic carbocycles. The zero-order valence-corrected chi connectivity index (χ0v) is 14.8. The van der Waals surface area contributed by atoms with Crippen LogP contribution >= 0.6 is 0 Å². The van der Waals surface area contributed by atoms with Crippen molar-refractivity contribution in [2.45, 2.75) is 13.3 Å². The van der Waals surface area contributed by atoms with Gasteiger partial charge in [-0.3, -0.25) is 0 Å². The maximum absolute atomic E-state index is 15.0. The second-order valence-electron chi connectivity index (χ2n) is 6.54. The van der Waals surface area contributed by atoms with Gasteiger partial charge in [0.15, 0.2) is 0 Å². The number of hydrogen-bond acceptors (Lipinski definition) is 0. The number of aryl methyl sites for hydroxylation is 1. The van der Waals surface area contributed by atoms with E-state index in [0.29, 0.717) is 27.6 Å². The summed E-state index contributed by atoms with van der Waals surface area (Å²) < 4.78 is 42.1. The number of benzene rings is 4. The standard InChI is InChI=1S/C24H17F3/c1-2-15-3-10-22-18(13-15)8-11-21(24(22)27)17-6-4-16(5-7-17)20-12-9-19(25)14-23(20)26/h3-14H,2H2,1H3. The monoisotopic (exact) mass is 362 g/mol. The van der Waals surface area contributed by atoms with Crippen molar-refractivity contribution in [3.8, 4) is 22.3 Å². The van der Waals surface area contributed by atoms with Crippen LogP contribution in [-0.4, -0.2) is 0 Å². The average Bonchev–Trinajstić information content (AvgIpc) is 2.68. The molecule has 0 spiro atoms. The third kappa shape index (κ3) is 3.21. The summed E-state index contributed by atoms with van der Waals surface area (Å²) in [5.74, 6) is -1.50. The summed E-state index contributed by atoms with van der Waals surface area (Å²) in [5, 5.41) is 1.46. The predicted octanol–water partition coefficient (Wildman–Crippen LogP) is 7.15. The van der Waals surface area contributed by atoms with Crippen LogP contribution in [0.1, 0.15) is 12.5 Å². The van der Waals surface area contributed by atoms with E-state index < -0.39 is 11.6 Å². The first-order valence-corrected chi connectivity index (χ1v) is 8.84. The highest BCUT2D eigenvalue weighted by Crippen LogP contribution is 2.32. The molecule has 0 aliphatic heterocycles. The van der Waals surface area contributed by atoms with Gasteiger partial charge in [0.1, 0.15) is 17.5 Å². The summed E-state index contributed by atoms with van der Waals surface area (Å²) in [6.45, 7) is 2.07. The first-order valence-electron chi connectivity index (χ1n) is 8.84. The molecule has 0 amide bonds. The molecule has 0 aliphatic rings. The minimum Gasteiger partial charge on any atom is -0.207 e. The molecule has 0 atom stereocenters. The van der Waals surface area contributed by atoms with Gasteiger partial charge in [-0.05, 0) is 40.6 Å². The molecule has 0 fully saturated rings. The molecule has 4 aromatic carbocycles. The molecule has 0 unspecified atom stereocenters. The van der Waals surface area contributed by atoms with Crippen LogP contribution in [0.4, 0.5) is 13.2 Å². The fraction of sp³-hybridized carbons (Fsp3) is 0.0833. The second-order valence-corrected chi connectivity index (χ2v) is 6.54. The van der Waals surface area contributed by atoms with Gasteiger partial charge in [-0.15, -0.1) is 0 Å². The van der Waals surface area contributed by atoms with Crippen molar-refractivity contribution in [3.05, 3.63) is 95.8 Å². The van der Waals surface area contributed by atoms with Crippen molar-refractivity contribution in [2.24, 2.45) is 0 Å². The molecule has 4 aromatic rings. The Morgan fingerprint density at radius 2 is 1.33 bits per heavy atom. The summed E-state index contributed by atoms with van der Waals surface area (Å²) in [6, 6.07) is 19.9. The van der Waals surface area contributed by atoms with Gasteiger partial charge in [0.2, 0.25) is 0 Å². The number of rotatable bonds is 3. The van der Waals surface area contributed by atoms with Crippen molar-refractivity contribution in [1.82, 2.24) is 0 Å². The van der Waals surface area contributed by atoms with Crippen LogP contribution in [0.15, 0.2) is 72.8 Å². The highest BCUT2D eigenvalue weighted by Gasteiger charge is 2.11. The molecular weight excluding hydrogens is 345 g/mol. The van der Waals surface area contributed by atoms with E-state index in [1.54, 1.807) is 30.3 Å². The molecule has 0 N–H and O–H groups in total. The van der Waals surface area contributed by atoms with Gasteiger partial charge in [-0.1, -0.05) is 61.5 Å². The largest absolute Gasteiger partial charge is 0.207 e. The van der Waals surface area contributed by atoms with Gasteiger partial charge in [-0.25, -0.2) is 13.2 Å². The van der Waals surface area contributed by atoms with Crippen molar-refractivity contribution >= 4 is 10.8 Å². The molecule has 0 bridgehead atoms. The summed E-state index contributed by atoms with van der Waals surface area (Å²) >= 11 is 0. The van der Waals surface area contributed by atoms with Crippen LogP contribution in [0.3, 0.4) is 0 Å². The van der Waals surface area contributed by atoms with Gasteiger partial charge >= 0.3 is 0 Å². The fourth-order valence-electron chi connectivity index (χ4n) is 3.34. The van der Waals surface area contributed by atoms with Gasteiger partial charge in [0.05, 0.1) is 0 Å². The van der Waals surface area contributed by atoms with E-state index in [4.69, 9.17) is 0 Å². The van der Waals surface area contributed by atoms with E-state index in [-0.39, 0.29) is 5.82 Å². The van der Waals surface area contributed by atoms with Crippen LogP contribution in [0.2, 0.25) is 0 Å². The first kappa shape index (κ1) is 17.3. The zero-order valence-electron chi connectivity index (χ0n) is 14.8. The van der Waals surface area contributed by atoms with Gasteiger partial charge < -0.3 is 0 Å². The Morgan fingerprint density at radius 1 is 0.667 bits per heavy atom. The van der Waals surface area contributed by atoms with Crippen molar-refractivity contribution in [2.75, 3.05) is 0 Å². The Hall–Kier alpha value is -3.07. The molecule has 27 heavy (non-hydrogen) atoms. The smallest absolute Gasteiger partial charge is 0.138 e. The minimum absolute atomic E-state index is 0.268. The summed E-state index contributed by atoms with van der Waals surface area (Å²) in [6.07, 6.45) is 0.903. The topological polar surface area (TPSA) is 0 Å². The van der Waals surface area contributed by atoms with E-state index in [1.807, 2.05) is 24.3 Å². The quantitative estimate of drug-likeness (QED) is 0.363. The molecule has 4 rings (SSSR count). The van der Waals surface area contributed by atoms with Gasteiger partial charge in [0, 0.05) is 22.6 Å². The molecule has 0 radical (unpaired) electrons. The van der Waals surface area contributed by atoms with E-state index in [9.17, 15) is 8.78 Å². The highest BCUT2D eigenvalue weighted by atomic mass is 19.1. The summed E-state index contributed by atoms with van der Waals surface area (Å²) in [5.41, 5.74) is 3.30. The van der Waals surface area contributed by atoms with Crippen LogP contribution < -0.4 is 0 Å². The zero-order chi connectivity index (χ0) is 19.0. The van der Waals surface area contributed by atoms with Crippen molar-refractivity contribution in [1.29, 1.82) is 0 Å². The third-order valence-corrected chi connectivity index (χ3v) is 4.86. The Bertz CT molecular complexity index is 1130. The van der Waals surface area contributed by atoms with Crippen LogP contribution in [0.25, 0.3) is 33.0 Å². The molecule has 3 heteroatoms. The van der Waals surface area contributed by atoms with Gasteiger partial charge in [0.25, 0.3) is 0 Å². The molecule has 0 saturated heterocycles. The Morgan fingerprint density at radius 3 is 2.00 bits per heavy atom. The summed E-state index contributed by atoms with van der Waals surface area (Å²) in [4.78, 5) is 0. The predicted molar refractivity (Wildman–Crippen MR) is 104 cm³/mol. The maximum Gasteiger partial charge on any atom is 0.138 e. The third-order valence-electron chi connectivity index (χ3n) is 4.86. The second kappa shape index (κ2) is 6.92. The van der Waals surface area contributed by atoms with Crippen molar-refractivity contribution < 1.29 is 13.2 Å². The number of hydrogen-bond donors (Lipinski definition) is 0. The molecule has 0 nitrogen and oxygen atoms in total. The molecule has 0 heterocycles. The normalized spacial score (nSPS) is 11.1. The Labute approximate surface area is 155 Å². The lowest BCUT2D eigenvalue weighted by Gasteiger charge is -2.10. The number of fused-ring (bicyclic) bond motifs is 1. The Balaban J connectivity index is 1.74. The first-order chi connectivity index (χ1) is 13.1. The SMILES string of the molecule is CCc1ccc2c(F)c(-c3ccc(-c4ccc(F)cc4F)cc3)ccc2c1. The lowest BCUT2D eigenvalue weighted by molar-refractivity contribution is 0.585. The Kier molecular flexibility index (Phi) is 4.44. The minimum atomic E-state index is -0.619. The molecular formula is C24H17F3. The molecule has 134 valence electrons. The number of halogens is 3. The van der Waals surface area contributed by atoms with Crippen LogP contribution in [-0.2, 0) is 6.42 Å². The van der Waals surface area contributed by atoms with E-state index in [1.165, 1.54) is 17.7 Å². The fourth-order valence-corrected chi connectivity index (χ4v) is 3.34. The van der Waals surface area contributed by atoms with Gasteiger partial charge in [-0.2, -0.15) is 0 Å². The van der Waals surface area contributed by atoms with E-state index >= 15 is 4.39 Å². The molecule has 0 saturated carbocycles. The maximum atomic E-state index is 15.0. The van der Waals surface area contributed by atoms with E-state index in [2.05, 4.69) is 6.92 Å².